The molecule has 0 saturated heterocycles. The van der Waals surface area contributed by atoms with Gasteiger partial charge in [0.1, 0.15) is 0 Å². The summed E-state index contributed by atoms with van der Waals surface area (Å²) in [7, 11) is 1.96. The van der Waals surface area contributed by atoms with Crippen LogP contribution in [0.2, 0.25) is 0 Å². The van der Waals surface area contributed by atoms with Gasteiger partial charge in [-0.3, -0.25) is 4.68 Å². The van der Waals surface area contributed by atoms with E-state index in [1.165, 1.54) is 23.5 Å². The maximum absolute atomic E-state index is 4.19. The molecule has 1 aromatic rings. The number of hydrogen-bond acceptors (Lipinski definition) is 3. The molecule has 1 N–H and O–H groups in total. The van der Waals surface area contributed by atoms with E-state index in [-0.39, 0.29) is 0 Å². The van der Waals surface area contributed by atoms with Gasteiger partial charge in [0.25, 0.3) is 0 Å². The van der Waals surface area contributed by atoms with Gasteiger partial charge in [-0.05, 0) is 31.8 Å². The molecule has 0 aromatic carbocycles. The summed E-state index contributed by atoms with van der Waals surface area (Å²) in [5, 5.41) is 7.79. The Bertz CT molecular complexity index is 298. The summed E-state index contributed by atoms with van der Waals surface area (Å²) in [4.78, 5) is 0. The third-order valence-electron chi connectivity index (χ3n) is 2.66. The molecule has 0 bridgehead atoms. The van der Waals surface area contributed by atoms with Gasteiger partial charge in [-0.25, -0.2) is 0 Å². The fraction of sp³-hybridized carbons (Fsp3) is 0.750. The smallest absolute Gasteiger partial charge is 0.0537 e. The van der Waals surface area contributed by atoms with Crippen molar-refractivity contribution in [3.63, 3.8) is 0 Å². The second-order valence-electron chi connectivity index (χ2n) is 4.22. The highest BCUT2D eigenvalue weighted by Gasteiger charge is 2.10. The van der Waals surface area contributed by atoms with E-state index in [4.69, 9.17) is 0 Å². The summed E-state index contributed by atoms with van der Waals surface area (Å²) in [6, 6.07) is 0.949. The van der Waals surface area contributed by atoms with Gasteiger partial charge in [-0.2, -0.15) is 16.9 Å². The minimum absolute atomic E-state index is 0.385. The first-order valence-electron chi connectivity index (χ1n) is 5.95. The Morgan fingerprint density at radius 3 is 2.81 bits per heavy atom. The van der Waals surface area contributed by atoms with E-state index >= 15 is 0 Å². The Morgan fingerprint density at radius 2 is 2.25 bits per heavy atom. The van der Waals surface area contributed by atoms with Gasteiger partial charge < -0.3 is 5.32 Å². The van der Waals surface area contributed by atoms with Crippen molar-refractivity contribution in [2.24, 2.45) is 7.05 Å². The molecule has 0 aliphatic carbocycles. The van der Waals surface area contributed by atoms with Crippen molar-refractivity contribution in [3.8, 4) is 0 Å². The van der Waals surface area contributed by atoms with Crippen LogP contribution < -0.4 is 5.32 Å². The maximum atomic E-state index is 4.19. The van der Waals surface area contributed by atoms with Crippen LogP contribution in [0.25, 0.3) is 0 Å². The average molecular weight is 241 g/mol. The number of aryl methyl sites for hydroxylation is 1. The molecule has 1 rings (SSSR count). The standard InChI is InChI=1S/C12H23N3S/c1-5-16-7-6-10(2)14-11(3)12-8-13-15(4)9-12/h8-11,14H,5-7H2,1-4H3. The van der Waals surface area contributed by atoms with Crippen LogP contribution in [0.1, 0.15) is 38.8 Å². The van der Waals surface area contributed by atoms with Crippen LogP contribution in [-0.4, -0.2) is 27.3 Å². The zero-order valence-corrected chi connectivity index (χ0v) is 11.5. The second kappa shape index (κ2) is 6.97. The van der Waals surface area contributed by atoms with Gasteiger partial charge in [0.15, 0.2) is 0 Å². The summed E-state index contributed by atoms with van der Waals surface area (Å²) in [5.74, 6) is 2.45. The van der Waals surface area contributed by atoms with Crippen LogP contribution >= 0.6 is 11.8 Å². The van der Waals surface area contributed by atoms with Crippen molar-refractivity contribution in [2.45, 2.75) is 39.3 Å². The molecular weight excluding hydrogens is 218 g/mol. The molecule has 2 atom stereocenters. The highest BCUT2D eigenvalue weighted by Crippen LogP contribution is 2.13. The molecular formula is C12H23N3S. The fourth-order valence-corrected chi connectivity index (χ4v) is 2.48. The minimum atomic E-state index is 0.385. The van der Waals surface area contributed by atoms with Crippen molar-refractivity contribution in [1.82, 2.24) is 15.1 Å². The van der Waals surface area contributed by atoms with Crippen LogP contribution in [0.4, 0.5) is 0 Å². The van der Waals surface area contributed by atoms with E-state index in [0.717, 1.165) is 0 Å². The second-order valence-corrected chi connectivity index (χ2v) is 5.62. The molecule has 0 saturated carbocycles. The molecule has 0 radical (unpaired) electrons. The number of thioether (sulfide) groups is 1. The van der Waals surface area contributed by atoms with Gasteiger partial charge in [0.2, 0.25) is 0 Å². The highest BCUT2D eigenvalue weighted by atomic mass is 32.2. The molecule has 0 amide bonds. The molecule has 0 aliphatic heterocycles. The lowest BCUT2D eigenvalue weighted by atomic mass is 10.1. The number of nitrogens with one attached hydrogen (secondary N) is 1. The maximum Gasteiger partial charge on any atom is 0.0537 e. The Morgan fingerprint density at radius 1 is 1.50 bits per heavy atom. The van der Waals surface area contributed by atoms with Crippen LogP contribution in [0.5, 0.6) is 0 Å². The number of hydrogen-bond donors (Lipinski definition) is 1. The fourth-order valence-electron chi connectivity index (χ4n) is 1.67. The van der Waals surface area contributed by atoms with Crippen LogP contribution in [0.15, 0.2) is 12.4 Å². The molecule has 1 heterocycles. The van der Waals surface area contributed by atoms with Crippen molar-refractivity contribution in [2.75, 3.05) is 11.5 Å². The normalized spacial score (nSPS) is 15.0. The average Bonchev–Trinajstić information content (AvgIpc) is 2.65. The predicted octanol–water partition coefficient (Wildman–Crippen LogP) is 2.60. The van der Waals surface area contributed by atoms with E-state index in [2.05, 4.69) is 37.4 Å². The number of rotatable bonds is 7. The van der Waals surface area contributed by atoms with Gasteiger partial charge in [-0.15, -0.1) is 0 Å². The predicted molar refractivity (Wildman–Crippen MR) is 71.8 cm³/mol. The summed E-state index contributed by atoms with van der Waals surface area (Å²) in [5.41, 5.74) is 1.26. The van der Waals surface area contributed by atoms with E-state index in [9.17, 15) is 0 Å². The Kier molecular flexibility index (Phi) is 5.91. The van der Waals surface area contributed by atoms with Crippen LogP contribution in [0, 0.1) is 0 Å². The van der Waals surface area contributed by atoms with Crippen molar-refractivity contribution >= 4 is 11.8 Å². The zero-order valence-electron chi connectivity index (χ0n) is 10.7. The first-order chi connectivity index (χ1) is 7.63. The monoisotopic (exact) mass is 241 g/mol. The molecule has 16 heavy (non-hydrogen) atoms. The molecule has 2 unspecified atom stereocenters. The molecule has 1 aromatic heterocycles. The summed E-state index contributed by atoms with van der Waals surface area (Å²) >= 11 is 2.01. The third-order valence-corrected chi connectivity index (χ3v) is 3.59. The quantitative estimate of drug-likeness (QED) is 0.744. The van der Waals surface area contributed by atoms with E-state index < -0.39 is 0 Å². The summed E-state index contributed by atoms with van der Waals surface area (Å²) in [6.07, 6.45) is 5.24. The van der Waals surface area contributed by atoms with Gasteiger partial charge in [-0.1, -0.05) is 6.92 Å². The first kappa shape index (κ1) is 13.6. The number of aromatic nitrogens is 2. The SMILES string of the molecule is CCSCCC(C)NC(C)c1cnn(C)c1. The van der Waals surface area contributed by atoms with Crippen molar-refractivity contribution in [1.29, 1.82) is 0 Å². The lowest BCUT2D eigenvalue weighted by Crippen LogP contribution is -2.29. The topological polar surface area (TPSA) is 29.9 Å². The molecule has 92 valence electrons. The van der Waals surface area contributed by atoms with E-state index in [0.29, 0.717) is 12.1 Å². The first-order valence-corrected chi connectivity index (χ1v) is 7.11. The third kappa shape index (κ3) is 4.58. The lowest BCUT2D eigenvalue weighted by molar-refractivity contribution is 0.471. The molecule has 4 heteroatoms. The Hall–Kier alpha value is -0.480. The molecule has 3 nitrogen and oxygen atoms in total. The summed E-state index contributed by atoms with van der Waals surface area (Å²) in [6.45, 7) is 6.66. The largest absolute Gasteiger partial charge is 0.308 e. The van der Waals surface area contributed by atoms with Crippen molar-refractivity contribution in [3.05, 3.63) is 18.0 Å². The van der Waals surface area contributed by atoms with Gasteiger partial charge >= 0.3 is 0 Å². The Balaban J connectivity index is 2.30. The van der Waals surface area contributed by atoms with Crippen LogP contribution in [0.3, 0.4) is 0 Å². The molecule has 0 fully saturated rings. The molecule has 0 spiro atoms. The van der Waals surface area contributed by atoms with Crippen LogP contribution in [-0.2, 0) is 7.05 Å². The van der Waals surface area contributed by atoms with E-state index in [1.807, 2.05) is 29.7 Å². The highest BCUT2D eigenvalue weighted by molar-refractivity contribution is 7.99. The zero-order chi connectivity index (χ0) is 12.0. The van der Waals surface area contributed by atoms with Gasteiger partial charge in [0, 0.05) is 30.9 Å². The van der Waals surface area contributed by atoms with E-state index in [1.54, 1.807) is 0 Å². The summed E-state index contributed by atoms with van der Waals surface area (Å²) < 4.78 is 1.85. The molecule has 0 aliphatic rings. The van der Waals surface area contributed by atoms with Crippen molar-refractivity contribution < 1.29 is 0 Å². The van der Waals surface area contributed by atoms with Gasteiger partial charge in [0.05, 0.1) is 6.20 Å². The Labute approximate surface area is 103 Å². The number of nitrogens with zero attached hydrogens (tertiary/aromatic N) is 2. The minimum Gasteiger partial charge on any atom is -0.308 e. The lowest BCUT2D eigenvalue weighted by Gasteiger charge is -2.18.